The number of carbonyl (C=O) groups excluding carboxylic acids is 4. The highest BCUT2D eigenvalue weighted by Crippen LogP contribution is 2.63. The highest BCUT2D eigenvalue weighted by Gasteiger charge is 2.67. The van der Waals surface area contributed by atoms with E-state index < -0.39 is 11.8 Å². The number of hydrogen-bond donors (Lipinski definition) is 0. The molecule has 2 bridgehead atoms. The number of nitrogens with zero attached hydrogens (tertiary/aromatic N) is 2. The zero-order chi connectivity index (χ0) is 27.1. The average Bonchev–Trinajstić information content (AvgIpc) is 3.43. The SMILES string of the molecule is O=C1[C@@H]2[C@H]3C=C[C@H](C4=C(c5ccccc5)C[C@H]5C(=O)N(C6CCCCC6)C(=O)[C@@H]5[C@@H]43)[C@@H]2C(=O)N1C1CCCCC1. The minimum Gasteiger partial charge on any atom is -0.279 e. The molecule has 1 aromatic carbocycles. The molecule has 4 amide bonds. The Labute approximate surface area is 235 Å². The van der Waals surface area contributed by atoms with Crippen LogP contribution in [0.5, 0.6) is 0 Å². The Kier molecular flexibility index (Phi) is 5.72. The van der Waals surface area contributed by atoms with Gasteiger partial charge in [-0.05, 0) is 49.2 Å². The molecule has 2 saturated heterocycles. The maximum absolute atomic E-state index is 14.3. The summed E-state index contributed by atoms with van der Waals surface area (Å²) < 4.78 is 0. The van der Waals surface area contributed by atoms with Crippen molar-refractivity contribution in [3.63, 3.8) is 0 Å². The number of likely N-dealkylation sites (tertiary alicyclic amines) is 2. The van der Waals surface area contributed by atoms with Crippen molar-refractivity contribution in [2.24, 2.45) is 41.4 Å². The van der Waals surface area contributed by atoms with Gasteiger partial charge in [0, 0.05) is 23.9 Å². The van der Waals surface area contributed by atoms with E-state index >= 15 is 0 Å². The van der Waals surface area contributed by atoms with E-state index in [1.165, 1.54) is 12.0 Å². The smallest absolute Gasteiger partial charge is 0.234 e. The molecular formula is C34H38N2O4. The van der Waals surface area contributed by atoms with Gasteiger partial charge in [-0.3, -0.25) is 29.0 Å². The lowest BCUT2D eigenvalue weighted by atomic mass is 9.49. The van der Waals surface area contributed by atoms with Crippen molar-refractivity contribution in [1.82, 2.24) is 9.80 Å². The molecule has 8 aliphatic rings. The number of amides is 4. The number of rotatable bonds is 3. The van der Waals surface area contributed by atoms with Gasteiger partial charge in [-0.25, -0.2) is 0 Å². The van der Waals surface area contributed by atoms with Crippen LogP contribution in [0.3, 0.4) is 0 Å². The number of allylic oxidation sites excluding steroid dienone is 4. The van der Waals surface area contributed by atoms with Gasteiger partial charge in [-0.1, -0.05) is 86.6 Å². The van der Waals surface area contributed by atoms with Crippen LogP contribution in [-0.2, 0) is 19.2 Å². The van der Waals surface area contributed by atoms with Gasteiger partial charge in [0.1, 0.15) is 0 Å². The summed E-state index contributed by atoms with van der Waals surface area (Å²) in [5.41, 5.74) is 3.38. The Balaban J connectivity index is 1.24. The number of carbonyl (C=O) groups is 4. The van der Waals surface area contributed by atoms with Crippen molar-refractivity contribution in [3.05, 3.63) is 53.6 Å². The van der Waals surface area contributed by atoms with Crippen LogP contribution in [-0.4, -0.2) is 45.5 Å². The van der Waals surface area contributed by atoms with E-state index in [0.29, 0.717) is 6.42 Å². The van der Waals surface area contributed by atoms with Crippen molar-refractivity contribution in [1.29, 1.82) is 0 Å². The predicted octanol–water partition coefficient (Wildman–Crippen LogP) is 5.14. The zero-order valence-corrected chi connectivity index (χ0v) is 23.0. The molecule has 3 saturated carbocycles. The summed E-state index contributed by atoms with van der Waals surface area (Å²) in [7, 11) is 0. The van der Waals surface area contributed by atoms with Gasteiger partial charge < -0.3 is 0 Å². The Hall–Kier alpha value is -3.02. The summed E-state index contributed by atoms with van der Waals surface area (Å²) in [5.74, 6) is -2.26. The van der Waals surface area contributed by atoms with Crippen molar-refractivity contribution < 1.29 is 19.2 Å². The van der Waals surface area contributed by atoms with Crippen LogP contribution in [0, 0.1) is 41.4 Å². The fourth-order valence-corrected chi connectivity index (χ4v) is 9.96. The van der Waals surface area contributed by atoms with Crippen LogP contribution in [0.2, 0.25) is 0 Å². The third-order valence-corrected chi connectivity index (χ3v) is 11.6. The van der Waals surface area contributed by atoms with Gasteiger partial charge in [0.05, 0.1) is 23.7 Å². The summed E-state index contributed by atoms with van der Waals surface area (Å²) in [6.45, 7) is 0. The molecule has 1 aromatic rings. The van der Waals surface area contributed by atoms with E-state index in [0.717, 1.165) is 68.9 Å². The molecular weight excluding hydrogens is 500 g/mol. The van der Waals surface area contributed by atoms with Crippen molar-refractivity contribution in [2.75, 3.05) is 0 Å². The lowest BCUT2D eigenvalue weighted by Crippen LogP contribution is -2.51. The standard InChI is InChI=1S/C34H38N2O4/c37-31-25-18-24(19-10-4-1-5-11-19)26-22-16-17-23(27(26)30(25)34(40)35(31)20-12-6-2-7-13-20)29-28(22)32(38)36(33(29)39)21-14-8-3-9-15-21/h1,4-5,10-11,16-17,20-23,25,27-30H,2-3,6-9,12-15,18H2/t22-,23+,25-,27-,28+,29-,30+/m1/s1. The highest BCUT2D eigenvalue weighted by molar-refractivity contribution is 6.09. The predicted molar refractivity (Wildman–Crippen MR) is 149 cm³/mol. The normalized spacial score (nSPS) is 37.9. The fraction of sp³-hybridized carbons (Fsp3) is 0.588. The first-order chi connectivity index (χ1) is 19.6. The van der Waals surface area contributed by atoms with Gasteiger partial charge in [-0.2, -0.15) is 0 Å². The second-order valence-corrected chi connectivity index (χ2v) is 13.4. The minimum absolute atomic E-state index is 0.000563. The van der Waals surface area contributed by atoms with Crippen LogP contribution in [0.15, 0.2) is 48.1 Å². The first-order valence-corrected chi connectivity index (χ1v) is 15.8. The van der Waals surface area contributed by atoms with E-state index in [4.69, 9.17) is 0 Å². The third-order valence-electron chi connectivity index (χ3n) is 11.6. The molecule has 0 spiro atoms. The first-order valence-electron chi connectivity index (χ1n) is 15.8. The summed E-state index contributed by atoms with van der Waals surface area (Å²) >= 11 is 0. The molecule has 5 fully saturated rings. The summed E-state index contributed by atoms with van der Waals surface area (Å²) in [4.78, 5) is 59.8. The molecule has 0 unspecified atom stereocenters. The van der Waals surface area contributed by atoms with Gasteiger partial charge in [0.15, 0.2) is 0 Å². The number of hydrogen-bond acceptors (Lipinski definition) is 4. The molecule has 0 N–H and O–H groups in total. The van der Waals surface area contributed by atoms with E-state index in [2.05, 4.69) is 24.3 Å². The fourth-order valence-electron chi connectivity index (χ4n) is 9.96. The van der Waals surface area contributed by atoms with Gasteiger partial charge in [-0.15, -0.1) is 0 Å². The lowest BCUT2D eigenvalue weighted by Gasteiger charge is -2.51. The summed E-state index contributed by atoms with van der Waals surface area (Å²) in [6.07, 6.45) is 15.0. The minimum atomic E-state index is -0.429. The molecule has 6 heteroatoms. The van der Waals surface area contributed by atoms with E-state index in [9.17, 15) is 19.2 Å². The Bertz CT molecular complexity index is 1330. The molecule has 2 aliphatic heterocycles. The molecule has 0 radical (unpaired) electrons. The lowest BCUT2D eigenvalue weighted by molar-refractivity contribution is -0.145. The van der Waals surface area contributed by atoms with E-state index in [1.807, 2.05) is 18.2 Å². The molecule has 6 nitrogen and oxygen atoms in total. The van der Waals surface area contributed by atoms with Crippen LogP contribution in [0.25, 0.3) is 5.57 Å². The Morgan fingerprint density at radius 3 is 1.80 bits per heavy atom. The maximum Gasteiger partial charge on any atom is 0.234 e. The number of benzene rings is 1. The third kappa shape index (κ3) is 3.34. The second kappa shape index (κ2) is 9.25. The van der Waals surface area contributed by atoms with Crippen molar-refractivity contribution in [2.45, 2.75) is 82.7 Å². The van der Waals surface area contributed by atoms with Gasteiger partial charge in [0.25, 0.3) is 0 Å². The quantitative estimate of drug-likeness (QED) is 0.394. The summed E-state index contributed by atoms with van der Waals surface area (Å²) in [6, 6.07) is 10.2. The molecule has 0 aromatic heterocycles. The molecule has 7 atom stereocenters. The van der Waals surface area contributed by atoms with Crippen molar-refractivity contribution in [3.8, 4) is 0 Å². The maximum atomic E-state index is 14.3. The molecule has 6 aliphatic carbocycles. The van der Waals surface area contributed by atoms with E-state index in [-0.39, 0.29) is 65.3 Å². The zero-order valence-electron chi connectivity index (χ0n) is 23.0. The van der Waals surface area contributed by atoms with Crippen LogP contribution in [0.1, 0.15) is 76.2 Å². The van der Waals surface area contributed by atoms with Crippen molar-refractivity contribution >= 4 is 29.2 Å². The van der Waals surface area contributed by atoms with Crippen LogP contribution >= 0.6 is 0 Å². The molecule has 208 valence electrons. The Morgan fingerprint density at radius 1 is 0.575 bits per heavy atom. The van der Waals surface area contributed by atoms with Gasteiger partial charge >= 0.3 is 0 Å². The molecule has 9 rings (SSSR count). The monoisotopic (exact) mass is 538 g/mol. The molecule has 40 heavy (non-hydrogen) atoms. The number of fused-ring (bicyclic) bond motifs is 1. The second-order valence-electron chi connectivity index (χ2n) is 13.4. The molecule has 2 heterocycles. The van der Waals surface area contributed by atoms with Crippen LogP contribution in [0.4, 0.5) is 0 Å². The topological polar surface area (TPSA) is 74.8 Å². The first kappa shape index (κ1) is 24.8. The van der Waals surface area contributed by atoms with E-state index in [1.54, 1.807) is 9.80 Å². The summed E-state index contributed by atoms with van der Waals surface area (Å²) in [5, 5.41) is 0. The van der Waals surface area contributed by atoms with Crippen LogP contribution < -0.4 is 0 Å². The highest BCUT2D eigenvalue weighted by atomic mass is 16.2. The number of imide groups is 2. The average molecular weight is 539 g/mol. The Morgan fingerprint density at radius 2 is 1.15 bits per heavy atom. The van der Waals surface area contributed by atoms with Gasteiger partial charge in [0.2, 0.25) is 23.6 Å². The largest absolute Gasteiger partial charge is 0.279 e.